The number of nitrogens with one attached hydrogen (secondary N) is 1. The summed E-state index contributed by atoms with van der Waals surface area (Å²) < 4.78 is 12.6. The zero-order valence-electron chi connectivity index (χ0n) is 18.4. The fourth-order valence-electron chi connectivity index (χ4n) is 3.52. The Hall–Kier alpha value is -3.56. The second-order valence-electron chi connectivity index (χ2n) is 7.58. The summed E-state index contributed by atoms with van der Waals surface area (Å²) in [4.78, 5) is 17.1. The molecule has 5 rings (SSSR count). The Balaban J connectivity index is 1.44. The van der Waals surface area contributed by atoms with Crippen LogP contribution in [0.2, 0.25) is 5.02 Å². The summed E-state index contributed by atoms with van der Waals surface area (Å²) in [6.07, 6.45) is 3.40. The molecule has 34 heavy (non-hydrogen) atoms. The molecule has 1 aliphatic heterocycles. The van der Waals surface area contributed by atoms with Gasteiger partial charge in [0.15, 0.2) is 22.5 Å². The molecule has 0 aliphatic carbocycles. The number of carbonyl (C=O) groups is 1. The number of anilines is 1. The van der Waals surface area contributed by atoms with Gasteiger partial charge in [-0.3, -0.25) is 14.3 Å². The molecular weight excluding hydrogens is 474 g/mol. The maximum atomic E-state index is 13.0. The average molecular weight is 494 g/mol. The number of aromatic nitrogens is 4. The van der Waals surface area contributed by atoms with Gasteiger partial charge in [-0.2, -0.15) is 0 Å². The molecule has 0 spiro atoms. The van der Waals surface area contributed by atoms with Crippen molar-refractivity contribution in [1.82, 2.24) is 19.7 Å². The van der Waals surface area contributed by atoms with Gasteiger partial charge in [0, 0.05) is 34.7 Å². The fourth-order valence-corrected chi connectivity index (χ4v) is 4.55. The van der Waals surface area contributed by atoms with Gasteiger partial charge in [0.05, 0.1) is 10.9 Å². The van der Waals surface area contributed by atoms with Crippen LogP contribution in [0.3, 0.4) is 0 Å². The Labute approximate surface area is 205 Å². The largest absolute Gasteiger partial charge is 0.454 e. The van der Waals surface area contributed by atoms with E-state index < -0.39 is 5.25 Å². The number of hydrogen-bond acceptors (Lipinski definition) is 7. The van der Waals surface area contributed by atoms with Crippen molar-refractivity contribution in [3.63, 3.8) is 0 Å². The predicted octanol–water partition coefficient (Wildman–Crippen LogP) is 5.14. The van der Waals surface area contributed by atoms with E-state index in [0.717, 1.165) is 16.8 Å². The van der Waals surface area contributed by atoms with Gasteiger partial charge in [-0.05, 0) is 55.8 Å². The topological polar surface area (TPSA) is 91.2 Å². The number of fused-ring (bicyclic) bond motifs is 1. The number of benzene rings is 2. The molecule has 0 bridgehead atoms. The quantitative estimate of drug-likeness (QED) is 0.372. The highest BCUT2D eigenvalue weighted by molar-refractivity contribution is 8.00. The molecule has 2 aromatic carbocycles. The zero-order valence-corrected chi connectivity index (χ0v) is 19.9. The van der Waals surface area contributed by atoms with Gasteiger partial charge in [0.25, 0.3) is 0 Å². The van der Waals surface area contributed by atoms with Crippen molar-refractivity contribution in [2.24, 2.45) is 0 Å². The van der Waals surface area contributed by atoms with E-state index >= 15 is 0 Å². The summed E-state index contributed by atoms with van der Waals surface area (Å²) >= 11 is 7.72. The molecule has 3 heterocycles. The monoisotopic (exact) mass is 493 g/mol. The highest BCUT2D eigenvalue weighted by Gasteiger charge is 2.24. The number of rotatable bonds is 6. The van der Waals surface area contributed by atoms with Crippen LogP contribution in [0.25, 0.3) is 17.1 Å². The Kier molecular flexibility index (Phi) is 6.12. The van der Waals surface area contributed by atoms with E-state index in [0.29, 0.717) is 33.2 Å². The number of halogens is 1. The molecule has 0 radical (unpaired) electrons. The van der Waals surface area contributed by atoms with Crippen LogP contribution in [-0.2, 0) is 4.79 Å². The van der Waals surface area contributed by atoms with Crippen LogP contribution in [0.1, 0.15) is 12.5 Å². The van der Waals surface area contributed by atoms with Crippen LogP contribution in [0.5, 0.6) is 11.5 Å². The first-order valence-corrected chi connectivity index (χ1v) is 11.8. The molecule has 1 N–H and O–H groups in total. The zero-order chi connectivity index (χ0) is 23.7. The number of nitrogens with zero attached hydrogens (tertiary/aromatic N) is 4. The Morgan fingerprint density at radius 2 is 1.91 bits per heavy atom. The van der Waals surface area contributed by atoms with Crippen molar-refractivity contribution in [1.29, 1.82) is 0 Å². The van der Waals surface area contributed by atoms with Crippen LogP contribution < -0.4 is 14.8 Å². The lowest BCUT2D eigenvalue weighted by atomic mass is 10.2. The number of pyridine rings is 1. The second-order valence-corrected chi connectivity index (χ2v) is 9.29. The number of amides is 1. The van der Waals surface area contributed by atoms with E-state index in [2.05, 4.69) is 20.5 Å². The van der Waals surface area contributed by atoms with Gasteiger partial charge in [0.1, 0.15) is 0 Å². The van der Waals surface area contributed by atoms with Crippen LogP contribution in [0.15, 0.2) is 66.1 Å². The fraction of sp³-hybridized carbons (Fsp3) is 0.167. The molecule has 0 saturated carbocycles. The van der Waals surface area contributed by atoms with Gasteiger partial charge in [-0.1, -0.05) is 29.4 Å². The minimum Gasteiger partial charge on any atom is -0.454 e. The molecule has 4 aromatic rings. The molecule has 1 aliphatic rings. The lowest BCUT2D eigenvalue weighted by Crippen LogP contribution is -2.23. The SMILES string of the molecule is Cc1c(Cl)cccc1-n1c(S[C@H](C)C(=O)Nc2ccc3c(c2)OCO3)nnc1-c1ccncc1. The van der Waals surface area contributed by atoms with Crippen molar-refractivity contribution in [3.05, 3.63) is 71.5 Å². The average Bonchev–Trinajstić information content (AvgIpc) is 3.48. The normalized spacial score (nSPS) is 13.0. The van der Waals surface area contributed by atoms with Crippen molar-refractivity contribution >= 4 is 35.0 Å². The van der Waals surface area contributed by atoms with E-state index in [1.54, 1.807) is 30.6 Å². The molecule has 2 aromatic heterocycles. The molecule has 1 amide bonds. The first kappa shape index (κ1) is 22.2. The molecule has 0 unspecified atom stereocenters. The summed E-state index contributed by atoms with van der Waals surface area (Å²) in [5, 5.41) is 12.5. The van der Waals surface area contributed by atoms with Crippen LogP contribution in [0, 0.1) is 6.92 Å². The maximum absolute atomic E-state index is 13.0. The predicted molar refractivity (Wildman–Crippen MR) is 131 cm³/mol. The van der Waals surface area contributed by atoms with E-state index in [1.807, 2.05) is 48.7 Å². The first-order valence-electron chi connectivity index (χ1n) is 10.5. The third-order valence-corrected chi connectivity index (χ3v) is 6.80. The molecule has 8 nitrogen and oxygen atoms in total. The van der Waals surface area contributed by atoms with E-state index in [1.165, 1.54) is 11.8 Å². The lowest BCUT2D eigenvalue weighted by molar-refractivity contribution is -0.115. The summed E-state index contributed by atoms with van der Waals surface area (Å²) in [7, 11) is 0. The van der Waals surface area contributed by atoms with E-state index in [-0.39, 0.29) is 12.7 Å². The van der Waals surface area contributed by atoms with Crippen molar-refractivity contribution in [3.8, 4) is 28.6 Å². The van der Waals surface area contributed by atoms with Gasteiger partial charge < -0.3 is 14.8 Å². The smallest absolute Gasteiger partial charge is 0.237 e. The molecule has 0 fully saturated rings. The van der Waals surface area contributed by atoms with Gasteiger partial charge in [0.2, 0.25) is 12.7 Å². The molecule has 0 saturated heterocycles. The van der Waals surface area contributed by atoms with Crippen molar-refractivity contribution in [2.75, 3.05) is 12.1 Å². The maximum Gasteiger partial charge on any atom is 0.237 e. The number of carbonyl (C=O) groups excluding carboxylic acids is 1. The van der Waals surface area contributed by atoms with E-state index in [4.69, 9.17) is 21.1 Å². The Morgan fingerprint density at radius 1 is 1.12 bits per heavy atom. The van der Waals surface area contributed by atoms with Crippen LogP contribution in [-0.4, -0.2) is 37.7 Å². The third-order valence-electron chi connectivity index (χ3n) is 5.34. The standard InChI is InChI=1S/C24H20ClN5O3S/c1-14-18(25)4-3-5-19(14)30-22(16-8-10-26-11-9-16)28-29-24(30)34-15(2)23(31)27-17-6-7-20-21(12-17)33-13-32-20/h3-12,15H,13H2,1-2H3,(H,27,31)/t15-/m1/s1. The van der Waals surface area contributed by atoms with Crippen LogP contribution in [0.4, 0.5) is 5.69 Å². The number of ether oxygens (including phenoxy) is 2. The molecular formula is C24H20ClN5O3S. The third kappa shape index (κ3) is 4.32. The molecule has 172 valence electrons. The first-order chi connectivity index (χ1) is 16.5. The van der Waals surface area contributed by atoms with E-state index in [9.17, 15) is 4.79 Å². The second kappa shape index (κ2) is 9.36. The number of thioether (sulfide) groups is 1. The molecule has 1 atom stereocenters. The molecule has 10 heteroatoms. The minimum atomic E-state index is -0.460. The number of hydrogen-bond donors (Lipinski definition) is 1. The highest BCUT2D eigenvalue weighted by atomic mass is 35.5. The minimum absolute atomic E-state index is 0.174. The van der Waals surface area contributed by atoms with Gasteiger partial charge in [-0.15, -0.1) is 10.2 Å². The summed E-state index contributed by atoms with van der Waals surface area (Å²) in [5.41, 5.74) is 3.21. The summed E-state index contributed by atoms with van der Waals surface area (Å²) in [6.45, 7) is 3.94. The summed E-state index contributed by atoms with van der Waals surface area (Å²) in [5.74, 6) is 1.73. The van der Waals surface area contributed by atoms with Crippen molar-refractivity contribution < 1.29 is 14.3 Å². The van der Waals surface area contributed by atoms with Crippen LogP contribution >= 0.6 is 23.4 Å². The van der Waals surface area contributed by atoms with Gasteiger partial charge in [-0.25, -0.2) is 0 Å². The van der Waals surface area contributed by atoms with Crippen molar-refractivity contribution in [2.45, 2.75) is 24.3 Å². The summed E-state index contributed by atoms with van der Waals surface area (Å²) in [6, 6.07) is 14.7. The Bertz CT molecular complexity index is 1360. The Morgan fingerprint density at radius 3 is 2.74 bits per heavy atom. The van der Waals surface area contributed by atoms with Gasteiger partial charge >= 0.3 is 0 Å². The lowest BCUT2D eigenvalue weighted by Gasteiger charge is -2.16. The highest BCUT2D eigenvalue weighted by Crippen LogP contribution is 2.35.